The van der Waals surface area contributed by atoms with Gasteiger partial charge < -0.3 is 59.8 Å². The summed E-state index contributed by atoms with van der Waals surface area (Å²) in [5, 5.41) is 70.1. The van der Waals surface area contributed by atoms with Crippen molar-refractivity contribution < 1.29 is 79.0 Å². The molecular weight excluding hydrogens is 736 g/mol. The monoisotopic (exact) mass is 776 g/mol. The van der Waals surface area contributed by atoms with Gasteiger partial charge in [0.25, 0.3) is 0 Å². The minimum atomic E-state index is -1.06. The Morgan fingerprint density at radius 1 is 0.375 bits per heavy atom. The SMILES string of the molecule is COc1cc(C=CC(=O)O)ccc1O.COc1ccc(C=CC(=O)O)cc1O.COc1ccc(C=CC(=O)O)cc1OC.O=C(O)C=Cc1ccc(O)c(O)c1. The smallest absolute Gasteiger partial charge is 0.328 e. The predicted molar refractivity (Wildman–Crippen MR) is 205 cm³/mol. The Hall–Kier alpha value is -7.88. The normalized spacial score (nSPS) is 10.4. The number of carboxylic acid groups (broad SMARTS) is 4. The Kier molecular flexibility index (Phi) is 20.1. The highest BCUT2D eigenvalue weighted by Gasteiger charge is 2.04. The van der Waals surface area contributed by atoms with E-state index in [1.54, 1.807) is 49.6 Å². The van der Waals surface area contributed by atoms with Crippen LogP contribution in [0, 0.1) is 0 Å². The summed E-state index contributed by atoms with van der Waals surface area (Å²) in [7, 11) is 5.95. The lowest BCUT2D eigenvalue weighted by molar-refractivity contribution is -0.132. The van der Waals surface area contributed by atoms with Crippen molar-refractivity contribution in [2.45, 2.75) is 0 Å². The first-order valence-corrected chi connectivity index (χ1v) is 15.6. The van der Waals surface area contributed by atoms with Crippen LogP contribution in [0.15, 0.2) is 97.1 Å². The number of ether oxygens (including phenoxy) is 4. The standard InChI is InChI=1S/C11H12O4.2C10H10O4.C9H8O4/c1-14-9-5-3-8(4-6-11(12)13)7-10(9)15-2;1-14-9-4-2-7(6-8(9)11)3-5-10(12)13;1-14-9-6-7(2-4-8(9)11)3-5-10(12)13;10-7-3-1-6(5-8(7)11)2-4-9(12)13/h3-7H,1-2H3,(H,12,13);2*2-6,11H,1H3,(H,12,13);1-5,10-11H,(H,12,13). The molecule has 0 heterocycles. The Morgan fingerprint density at radius 2 is 0.696 bits per heavy atom. The Balaban J connectivity index is 0.000000374. The molecule has 0 atom stereocenters. The van der Waals surface area contributed by atoms with Crippen LogP contribution < -0.4 is 18.9 Å². The molecule has 0 saturated carbocycles. The highest BCUT2D eigenvalue weighted by atomic mass is 16.5. The van der Waals surface area contributed by atoms with Gasteiger partial charge in [0, 0.05) is 24.3 Å². The Bertz CT molecular complexity index is 2060. The zero-order valence-corrected chi connectivity index (χ0v) is 30.4. The first-order chi connectivity index (χ1) is 26.5. The number of carboxylic acids is 4. The van der Waals surface area contributed by atoms with Gasteiger partial charge in [-0.1, -0.05) is 24.3 Å². The molecule has 4 aromatic carbocycles. The molecule has 0 aliphatic carbocycles. The topological polar surface area (TPSA) is 267 Å². The van der Waals surface area contributed by atoms with Gasteiger partial charge in [0.05, 0.1) is 28.4 Å². The number of aliphatic carboxylic acids is 4. The van der Waals surface area contributed by atoms with Crippen molar-refractivity contribution in [1.82, 2.24) is 0 Å². The van der Waals surface area contributed by atoms with Gasteiger partial charge in [-0.2, -0.15) is 0 Å². The molecule has 0 bridgehead atoms. The third kappa shape index (κ3) is 18.1. The molecule has 0 unspecified atom stereocenters. The molecule has 4 rings (SSSR count). The minimum absolute atomic E-state index is 0.0139. The van der Waals surface area contributed by atoms with Gasteiger partial charge in [-0.05, 0) is 95.1 Å². The van der Waals surface area contributed by atoms with Crippen molar-refractivity contribution in [1.29, 1.82) is 0 Å². The van der Waals surface area contributed by atoms with Crippen LogP contribution in [-0.4, -0.2) is 93.2 Å². The summed E-state index contributed by atoms with van der Waals surface area (Å²) in [6, 6.07) is 18.5. The van der Waals surface area contributed by atoms with Gasteiger partial charge >= 0.3 is 23.9 Å². The van der Waals surface area contributed by atoms with E-state index in [1.807, 2.05) is 0 Å². The number of aromatic hydroxyl groups is 4. The second kappa shape index (κ2) is 24.4. The van der Waals surface area contributed by atoms with Crippen molar-refractivity contribution in [3.8, 4) is 46.0 Å². The molecule has 0 radical (unpaired) electrons. The molecule has 296 valence electrons. The first kappa shape index (κ1) is 46.1. The van der Waals surface area contributed by atoms with Gasteiger partial charge in [0.1, 0.15) is 0 Å². The average molecular weight is 777 g/mol. The third-order valence-electron chi connectivity index (χ3n) is 6.49. The molecular formula is C40H40O16. The van der Waals surface area contributed by atoms with Crippen molar-refractivity contribution in [3.05, 3.63) is 119 Å². The first-order valence-electron chi connectivity index (χ1n) is 15.6. The van der Waals surface area contributed by atoms with E-state index in [-0.39, 0.29) is 23.0 Å². The third-order valence-corrected chi connectivity index (χ3v) is 6.49. The van der Waals surface area contributed by atoms with Crippen LogP contribution in [0.5, 0.6) is 46.0 Å². The highest BCUT2D eigenvalue weighted by Crippen LogP contribution is 2.29. The Morgan fingerprint density at radius 3 is 1.05 bits per heavy atom. The number of phenolic OH excluding ortho intramolecular Hbond substituents is 4. The van der Waals surface area contributed by atoms with E-state index in [1.165, 1.54) is 76.0 Å². The summed E-state index contributed by atoms with van der Waals surface area (Å²) < 4.78 is 19.8. The van der Waals surface area contributed by atoms with Crippen LogP contribution in [0.25, 0.3) is 24.3 Å². The Labute approximate surface area is 320 Å². The van der Waals surface area contributed by atoms with E-state index >= 15 is 0 Å². The summed E-state index contributed by atoms with van der Waals surface area (Å²) in [5.41, 5.74) is 2.51. The molecule has 56 heavy (non-hydrogen) atoms. The lowest BCUT2D eigenvalue weighted by Crippen LogP contribution is -1.91. The van der Waals surface area contributed by atoms with E-state index in [0.717, 1.165) is 29.9 Å². The van der Waals surface area contributed by atoms with Gasteiger partial charge in [-0.3, -0.25) is 0 Å². The molecule has 0 spiro atoms. The molecule has 16 heteroatoms. The molecule has 0 aliphatic heterocycles. The molecule has 0 saturated heterocycles. The summed E-state index contributed by atoms with van der Waals surface area (Å²) in [6.07, 6.45) is 9.66. The quantitative estimate of drug-likeness (QED) is 0.0606. The van der Waals surface area contributed by atoms with Crippen molar-refractivity contribution >= 4 is 48.2 Å². The maximum atomic E-state index is 10.3. The van der Waals surface area contributed by atoms with Crippen LogP contribution in [-0.2, 0) is 19.2 Å². The van der Waals surface area contributed by atoms with E-state index < -0.39 is 23.9 Å². The van der Waals surface area contributed by atoms with Crippen molar-refractivity contribution in [2.24, 2.45) is 0 Å². The number of benzene rings is 4. The number of hydrogen-bond donors (Lipinski definition) is 8. The number of phenols is 4. The van der Waals surface area contributed by atoms with Crippen LogP contribution in [0.3, 0.4) is 0 Å². The summed E-state index contributed by atoms with van der Waals surface area (Å²) >= 11 is 0. The van der Waals surface area contributed by atoms with Gasteiger partial charge in [0.2, 0.25) is 0 Å². The van der Waals surface area contributed by atoms with Gasteiger partial charge in [-0.25, -0.2) is 19.2 Å². The minimum Gasteiger partial charge on any atom is -0.504 e. The van der Waals surface area contributed by atoms with E-state index in [2.05, 4.69) is 0 Å². The molecule has 4 aromatic rings. The fourth-order valence-electron chi connectivity index (χ4n) is 3.88. The van der Waals surface area contributed by atoms with Crippen LogP contribution in [0.4, 0.5) is 0 Å². The zero-order valence-electron chi connectivity index (χ0n) is 30.4. The highest BCUT2D eigenvalue weighted by molar-refractivity contribution is 5.87. The van der Waals surface area contributed by atoms with Crippen LogP contribution in [0.2, 0.25) is 0 Å². The van der Waals surface area contributed by atoms with Crippen LogP contribution >= 0.6 is 0 Å². The molecule has 0 aliphatic rings. The number of hydrogen-bond acceptors (Lipinski definition) is 12. The average Bonchev–Trinajstić information content (AvgIpc) is 3.17. The number of methoxy groups -OCH3 is 4. The lowest BCUT2D eigenvalue weighted by atomic mass is 10.2. The number of rotatable bonds is 12. The lowest BCUT2D eigenvalue weighted by Gasteiger charge is -2.07. The fourth-order valence-corrected chi connectivity index (χ4v) is 3.88. The summed E-state index contributed by atoms with van der Waals surface area (Å²) in [5.74, 6) is -2.71. The van der Waals surface area contributed by atoms with Gasteiger partial charge in [0.15, 0.2) is 46.0 Å². The second-order valence-electron chi connectivity index (χ2n) is 10.4. The molecule has 16 nitrogen and oxygen atoms in total. The largest absolute Gasteiger partial charge is 0.504 e. The molecule has 0 aromatic heterocycles. The summed E-state index contributed by atoms with van der Waals surface area (Å²) in [6.45, 7) is 0. The van der Waals surface area contributed by atoms with Crippen LogP contribution in [0.1, 0.15) is 22.3 Å². The van der Waals surface area contributed by atoms with Crippen molar-refractivity contribution in [3.63, 3.8) is 0 Å². The molecule has 0 amide bonds. The second-order valence-corrected chi connectivity index (χ2v) is 10.4. The maximum Gasteiger partial charge on any atom is 0.328 e. The fraction of sp³-hybridized carbons (Fsp3) is 0.100. The van der Waals surface area contributed by atoms with Gasteiger partial charge in [-0.15, -0.1) is 0 Å². The van der Waals surface area contributed by atoms with Crippen molar-refractivity contribution in [2.75, 3.05) is 28.4 Å². The maximum absolute atomic E-state index is 10.3. The number of carbonyl (C=O) groups is 4. The molecule has 8 N–H and O–H groups in total. The van der Waals surface area contributed by atoms with E-state index in [0.29, 0.717) is 39.7 Å². The zero-order chi connectivity index (χ0) is 42.2. The van der Waals surface area contributed by atoms with E-state index in [9.17, 15) is 29.4 Å². The summed E-state index contributed by atoms with van der Waals surface area (Å²) in [4.78, 5) is 40.9. The molecule has 0 fully saturated rings. The van der Waals surface area contributed by atoms with E-state index in [4.69, 9.17) is 49.6 Å². The predicted octanol–water partition coefficient (Wildman–Crippen LogP) is 5.99.